The Morgan fingerprint density at radius 1 is 1.16 bits per heavy atom. The molecule has 2 aromatic rings. The van der Waals surface area contributed by atoms with Gasteiger partial charge in [0.2, 0.25) is 5.89 Å². The summed E-state index contributed by atoms with van der Waals surface area (Å²) in [5, 5.41) is 7.59. The van der Waals surface area contributed by atoms with Crippen LogP contribution in [0.5, 0.6) is 5.75 Å². The normalized spacial score (nSPS) is 10.7. The maximum Gasteiger partial charge on any atom is 0.253 e. The second kappa shape index (κ2) is 6.24. The average Bonchev–Trinajstić information content (AvgIpc) is 2.86. The van der Waals surface area contributed by atoms with E-state index >= 15 is 0 Å². The number of nitrogens with two attached hydrogens (primary N) is 1. The molecule has 0 fully saturated rings. The maximum atomic E-state index is 12.9. The van der Waals surface area contributed by atoms with Crippen LogP contribution in [0, 0.1) is 11.6 Å². The van der Waals surface area contributed by atoms with Gasteiger partial charge in [0.15, 0.2) is 18.2 Å². The van der Waals surface area contributed by atoms with E-state index in [1.54, 1.807) is 0 Å². The molecule has 0 aliphatic carbocycles. The number of benzene rings is 1. The zero-order valence-electron chi connectivity index (χ0n) is 10.1. The molecule has 0 bridgehead atoms. The molecule has 0 atom stereocenters. The fourth-order valence-electron chi connectivity index (χ4n) is 1.41. The van der Waals surface area contributed by atoms with E-state index in [4.69, 9.17) is 14.9 Å². The molecule has 5 nitrogen and oxygen atoms in total. The Kier molecular flexibility index (Phi) is 4.40. The summed E-state index contributed by atoms with van der Waals surface area (Å²) in [5.41, 5.74) is 5.36. The lowest BCUT2D eigenvalue weighted by Gasteiger charge is -2.03. The van der Waals surface area contributed by atoms with Crippen LogP contribution in [0.25, 0.3) is 0 Å². The van der Waals surface area contributed by atoms with Crippen LogP contribution >= 0.6 is 0 Å². The standard InChI is InChI=1S/C12H13F2N3O2/c13-9-4-3-8(6-10(9)14)18-7-12-17-16-11(19-12)2-1-5-15/h3-4,6H,1-2,5,7,15H2. The quantitative estimate of drug-likeness (QED) is 0.865. The molecule has 0 aliphatic rings. The van der Waals surface area contributed by atoms with E-state index in [9.17, 15) is 8.78 Å². The molecule has 102 valence electrons. The van der Waals surface area contributed by atoms with E-state index in [-0.39, 0.29) is 18.2 Å². The van der Waals surface area contributed by atoms with Crippen molar-refractivity contribution in [2.24, 2.45) is 5.73 Å². The van der Waals surface area contributed by atoms with Gasteiger partial charge in [0, 0.05) is 12.5 Å². The maximum absolute atomic E-state index is 12.9. The third-order valence-corrected chi connectivity index (χ3v) is 2.36. The summed E-state index contributed by atoms with van der Waals surface area (Å²) in [6, 6.07) is 3.27. The third-order valence-electron chi connectivity index (χ3n) is 2.36. The average molecular weight is 269 g/mol. The van der Waals surface area contributed by atoms with Crippen LogP contribution in [0.15, 0.2) is 22.6 Å². The molecule has 1 aromatic carbocycles. The molecule has 1 aromatic heterocycles. The Balaban J connectivity index is 1.91. The van der Waals surface area contributed by atoms with E-state index in [2.05, 4.69) is 10.2 Å². The predicted octanol–water partition coefficient (Wildman–Crippen LogP) is 1.82. The van der Waals surface area contributed by atoms with Crippen LogP contribution in [0.2, 0.25) is 0 Å². The highest BCUT2D eigenvalue weighted by Crippen LogP contribution is 2.16. The van der Waals surface area contributed by atoms with E-state index in [1.165, 1.54) is 6.07 Å². The first kappa shape index (κ1) is 13.4. The monoisotopic (exact) mass is 269 g/mol. The Morgan fingerprint density at radius 3 is 2.68 bits per heavy atom. The first-order chi connectivity index (χ1) is 9.19. The number of hydrogen-bond acceptors (Lipinski definition) is 5. The fourth-order valence-corrected chi connectivity index (χ4v) is 1.41. The summed E-state index contributed by atoms with van der Waals surface area (Å²) >= 11 is 0. The van der Waals surface area contributed by atoms with Gasteiger partial charge in [-0.25, -0.2) is 8.78 Å². The van der Waals surface area contributed by atoms with Gasteiger partial charge in [0.1, 0.15) is 5.75 Å². The molecule has 19 heavy (non-hydrogen) atoms. The Morgan fingerprint density at radius 2 is 1.95 bits per heavy atom. The van der Waals surface area contributed by atoms with Crippen LogP contribution < -0.4 is 10.5 Å². The van der Waals surface area contributed by atoms with Crippen molar-refractivity contribution in [3.63, 3.8) is 0 Å². The van der Waals surface area contributed by atoms with E-state index < -0.39 is 11.6 Å². The fraction of sp³-hybridized carbons (Fsp3) is 0.333. The van der Waals surface area contributed by atoms with E-state index in [1.807, 2.05) is 0 Å². The molecular formula is C12H13F2N3O2. The summed E-state index contributed by atoms with van der Waals surface area (Å²) in [7, 11) is 0. The second-order valence-corrected chi connectivity index (χ2v) is 3.85. The lowest BCUT2D eigenvalue weighted by molar-refractivity contribution is 0.257. The highest BCUT2D eigenvalue weighted by molar-refractivity contribution is 5.23. The van der Waals surface area contributed by atoms with Crippen molar-refractivity contribution in [2.75, 3.05) is 6.54 Å². The Bertz CT molecular complexity index is 546. The SMILES string of the molecule is NCCCc1nnc(COc2ccc(F)c(F)c2)o1. The minimum absolute atomic E-state index is 0.000692. The number of rotatable bonds is 6. The van der Waals surface area contributed by atoms with Crippen molar-refractivity contribution in [2.45, 2.75) is 19.4 Å². The first-order valence-corrected chi connectivity index (χ1v) is 5.78. The number of aromatic nitrogens is 2. The molecule has 0 radical (unpaired) electrons. The molecule has 0 saturated heterocycles. The minimum atomic E-state index is -0.966. The van der Waals surface area contributed by atoms with Gasteiger partial charge < -0.3 is 14.9 Å². The van der Waals surface area contributed by atoms with Crippen molar-refractivity contribution in [3.05, 3.63) is 41.6 Å². The Labute approximate surface area is 108 Å². The Hall–Kier alpha value is -2.02. The second-order valence-electron chi connectivity index (χ2n) is 3.85. The highest BCUT2D eigenvalue weighted by atomic mass is 19.2. The summed E-state index contributed by atoms with van der Waals surface area (Å²) in [6.45, 7) is 0.545. The van der Waals surface area contributed by atoms with Crippen LogP contribution in [0.1, 0.15) is 18.2 Å². The van der Waals surface area contributed by atoms with Gasteiger partial charge in [-0.3, -0.25) is 0 Å². The van der Waals surface area contributed by atoms with Gasteiger partial charge >= 0.3 is 0 Å². The zero-order chi connectivity index (χ0) is 13.7. The van der Waals surface area contributed by atoms with Crippen LogP contribution in [0.4, 0.5) is 8.78 Å². The predicted molar refractivity (Wildman–Crippen MR) is 62.4 cm³/mol. The smallest absolute Gasteiger partial charge is 0.253 e. The van der Waals surface area contributed by atoms with Gasteiger partial charge in [-0.15, -0.1) is 10.2 Å². The van der Waals surface area contributed by atoms with Crippen molar-refractivity contribution in [1.29, 1.82) is 0 Å². The lowest BCUT2D eigenvalue weighted by Crippen LogP contribution is -2.00. The van der Waals surface area contributed by atoms with Gasteiger partial charge in [-0.05, 0) is 25.1 Å². The lowest BCUT2D eigenvalue weighted by atomic mass is 10.3. The number of aryl methyl sites for hydroxylation is 1. The number of ether oxygens (including phenoxy) is 1. The van der Waals surface area contributed by atoms with E-state index in [0.29, 0.717) is 18.9 Å². The first-order valence-electron chi connectivity index (χ1n) is 5.78. The number of halogens is 2. The minimum Gasteiger partial charge on any atom is -0.484 e. The molecule has 7 heteroatoms. The largest absolute Gasteiger partial charge is 0.484 e. The molecule has 1 heterocycles. The molecule has 0 unspecified atom stereocenters. The van der Waals surface area contributed by atoms with E-state index in [0.717, 1.165) is 18.6 Å². The number of nitrogens with zero attached hydrogens (tertiary/aromatic N) is 2. The molecule has 0 spiro atoms. The third kappa shape index (κ3) is 3.72. The van der Waals surface area contributed by atoms with Crippen LogP contribution in [-0.2, 0) is 13.0 Å². The van der Waals surface area contributed by atoms with Crippen molar-refractivity contribution in [1.82, 2.24) is 10.2 Å². The van der Waals surface area contributed by atoms with Crippen LogP contribution in [0.3, 0.4) is 0 Å². The topological polar surface area (TPSA) is 74.2 Å². The molecule has 0 saturated carbocycles. The van der Waals surface area contributed by atoms with Crippen molar-refractivity contribution >= 4 is 0 Å². The molecule has 2 rings (SSSR count). The molecule has 0 aliphatic heterocycles. The van der Waals surface area contributed by atoms with Gasteiger partial charge in [-0.1, -0.05) is 0 Å². The molecule has 0 amide bonds. The molecule has 2 N–H and O–H groups in total. The zero-order valence-corrected chi connectivity index (χ0v) is 10.1. The van der Waals surface area contributed by atoms with Crippen molar-refractivity contribution in [3.8, 4) is 5.75 Å². The summed E-state index contributed by atoms with van der Waals surface area (Å²) < 4.78 is 36.1. The summed E-state index contributed by atoms with van der Waals surface area (Å²) in [6.07, 6.45) is 1.36. The van der Waals surface area contributed by atoms with Gasteiger partial charge in [-0.2, -0.15) is 0 Å². The molecular weight excluding hydrogens is 256 g/mol. The summed E-state index contributed by atoms with van der Waals surface area (Å²) in [4.78, 5) is 0. The van der Waals surface area contributed by atoms with Gasteiger partial charge in [0.25, 0.3) is 5.89 Å². The highest BCUT2D eigenvalue weighted by Gasteiger charge is 2.08. The van der Waals surface area contributed by atoms with Crippen molar-refractivity contribution < 1.29 is 17.9 Å². The number of hydrogen-bond donors (Lipinski definition) is 1. The van der Waals surface area contributed by atoms with Gasteiger partial charge in [0.05, 0.1) is 0 Å². The van der Waals surface area contributed by atoms with Crippen LogP contribution in [-0.4, -0.2) is 16.7 Å². The summed E-state index contributed by atoms with van der Waals surface area (Å²) in [5.74, 6) is -0.937.